The summed E-state index contributed by atoms with van der Waals surface area (Å²) in [5.41, 5.74) is 0. The van der Waals surface area contributed by atoms with Gasteiger partial charge in [0, 0.05) is 6.42 Å². The smallest absolute Gasteiger partial charge is 0.0882 e. The van der Waals surface area contributed by atoms with Gasteiger partial charge in [-0.2, -0.15) is 0 Å². The zero-order chi connectivity index (χ0) is 6.53. The van der Waals surface area contributed by atoms with Gasteiger partial charge in [0.2, 0.25) is 0 Å². The monoisotopic (exact) mass is 143 g/mol. The van der Waals surface area contributed by atoms with Crippen molar-refractivity contribution in [3.05, 3.63) is 12.2 Å². The second-order valence-electron chi connectivity index (χ2n) is 2.59. The van der Waals surface area contributed by atoms with Gasteiger partial charge < -0.3 is 0 Å². The van der Waals surface area contributed by atoms with E-state index >= 15 is 0 Å². The Morgan fingerprint density at radius 3 is 2.78 bits per heavy atom. The Kier molecular flexibility index (Phi) is 3.20. The maximum absolute atomic E-state index is 2.39. The molecule has 1 atom stereocenters. The maximum Gasteiger partial charge on any atom is 0.111 e. The van der Waals surface area contributed by atoms with Gasteiger partial charge in [-0.25, -0.2) is 0 Å². The van der Waals surface area contributed by atoms with Crippen LogP contribution in [0.3, 0.4) is 0 Å². The van der Waals surface area contributed by atoms with Crippen molar-refractivity contribution >= 4 is 10.9 Å². The van der Waals surface area contributed by atoms with E-state index in [1.54, 1.807) is 0 Å². The molecule has 1 rings (SSSR count). The Morgan fingerprint density at radius 1 is 1.11 bits per heavy atom. The third kappa shape index (κ3) is 2.95. The highest BCUT2D eigenvalue weighted by Gasteiger charge is 2.09. The average molecular weight is 143 g/mol. The predicted molar refractivity (Wildman–Crippen MR) is 46.0 cm³/mol. The van der Waals surface area contributed by atoms with Crippen LogP contribution in [0, 0.1) is 0 Å². The van der Waals surface area contributed by atoms with Gasteiger partial charge >= 0.3 is 0 Å². The summed E-state index contributed by atoms with van der Waals surface area (Å²) in [6.45, 7) is 0. The second-order valence-corrected chi connectivity index (χ2v) is 4.97. The van der Waals surface area contributed by atoms with Crippen molar-refractivity contribution in [1.29, 1.82) is 0 Å². The molecule has 0 radical (unpaired) electrons. The summed E-state index contributed by atoms with van der Waals surface area (Å²) in [5, 5.41) is 0. The van der Waals surface area contributed by atoms with E-state index in [0.29, 0.717) is 0 Å². The lowest BCUT2D eigenvalue weighted by Crippen LogP contribution is -2.10. The molecule has 1 aliphatic rings. The van der Waals surface area contributed by atoms with E-state index in [-0.39, 0.29) is 0 Å². The molecule has 0 saturated heterocycles. The molecule has 1 aliphatic heterocycles. The Labute approximate surface area is 60.7 Å². The molecule has 0 aromatic rings. The maximum atomic E-state index is 2.39. The zero-order valence-corrected chi connectivity index (χ0v) is 6.91. The van der Waals surface area contributed by atoms with Crippen LogP contribution in [0.25, 0.3) is 0 Å². The Hall–Kier alpha value is 0.0900. The van der Waals surface area contributed by atoms with E-state index < -0.39 is 0 Å². The third-order valence-electron chi connectivity index (χ3n) is 1.66. The summed E-state index contributed by atoms with van der Waals surface area (Å²) in [5.74, 6) is 2.89. The van der Waals surface area contributed by atoms with Gasteiger partial charge in [-0.05, 0) is 23.7 Å². The number of rotatable bonds is 0. The van der Waals surface area contributed by atoms with Crippen LogP contribution in [0.5, 0.6) is 0 Å². The molecule has 1 heteroatoms. The van der Waals surface area contributed by atoms with Crippen molar-refractivity contribution in [3.8, 4) is 0 Å². The fourth-order valence-corrected chi connectivity index (χ4v) is 2.46. The van der Waals surface area contributed by atoms with Crippen molar-refractivity contribution in [2.45, 2.75) is 19.3 Å². The fraction of sp³-hybridized carbons (Fsp3) is 0.750. The molecular formula is C8H15S+. The van der Waals surface area contributed by atoms with Crippen molar-refractivity contribution in [1.82, 2.24) is 0 Å². The van der Waals surface area contributed by atoms with Gasteiger partial charge in [0.05, 0.1) is 6.26 Å². The van der Waals surface area contributed by atoms with Crippen molar-refractivity contribution < 1.29 is 0 Å². The van der Waals surface area contributed by atoms with Crippen molar-refractivity contribution in [3.63, 3.8) is 0 Å². The largest absolute Gasteiger partial charge is 0.111 e. The molecule has 0 aliphatic carbocycles. The number of hydrogen-bond donors (Lipinski definition) is 0. The highest BCUT2D eigenvalue weighted by Crippen LogP contribution is 2.05. The lowest BCUT2D eigenvalue weighted by atomic mass is 10.3. The summed E-state index contributed by atoms with van der Waals surface area (Å²) >= 11 is 0. The van der Waals surface area contributed by atoms with E-state index in [0.717, 1.165) is 10.9 Å². The Bertz CT molecular complexity index is 96.7. The topological polar surface area (TPSA) is 0 Å². The SMILES string of the molecule is C[S+]1CC/C=C\CCC1. The minimum atomic E-state index is 0.730. The molecule has 0 saturated carbocycles. The van der Waals surface area contributed by atoms with Gasteiger partial charge in [0.15, 0.2) is 0 Å². The summed E-state index contributed by atoms with van der Waals surface area (Å²) in [4.78, 5) is 0. The lowest BCUT2D eigenvalue weighted by Gasteiger charge is -2.02. The van der Waals surface area contributed by atoms with E-state index in [1.807, 2.05) is 0 Å². The van der Waals surface area contributed by atoms with Crippen molar-refractivity contribution in [2.24, 2.45) is 0 Å². The van der Waals surface area contributed by atoms with E-state index in [4.69, 9.17) is 0 Å². The standard InChI is InChI=1S/C8H15S/c1-9-7-5-3-2-4-6-8-9/h2-3H,4-8H2,1H3/q+1/b3-2-. The molecule has 1 heterocycles. The van der Waals surface area contributed by atoms with Crippen LogP contribution in [0.1, 0.15) is 19.3 Å². The zero-order valence-electron chi connectivity index (χ0n) is 6.10. The van der Waals surface area contributed by atoms with E-state index in [9.17, 15) is 0 Å². The first kappa shape index (κ1) is 7.20. The molecule has 0 aromatic carbocycles. The molecule has 0 amide bonds. The van der Waals surface area contributed by atoms with Gasteiger partial charge in [0.1, 0.15) is 11.5 Å². The number of allylic oxidation sites excluding steroid dienone is 2. The van der Waals surface area contributed by atoms with Gasteiger partial charge in [-0.3, -0.25) is 0 Å². The minimum Gasteiger partial charge on any atom is -0.0882 e. The molecule has 52 valence electrons. The third-order valence-corrected chi connectivity index (χ3v) is 3.58. The first-order chi connectivity index (χ1) is 4.39. The first-order valence-corrected chi connectivity index (χ1v) is 5.61. The van der Waals surface area contributed by atoms with Crippen LogP contribution in [0.15, 0.2) is 12.2 Å². The molecule has 0 fully saturated rings. The second kappa shape index (κ2) is 3.99. The quantitative estimate of drug-likeness (QED) is 0.359. The molecule has 9 heavy (non-hydrogen) atoms. The van der Waals surface area contributed by atoms with Crippen LogP contribution in [0.4, 0.5) is 0 Å². The van der Waals surface area contributed by atoms with Crippen LogP contribution in [-0.2, 0) is 10.9 Å². The Balaban J connectivity index is 2.27. The first-order valence-electron chi connectivity index (χ1n) is 3.64. The normalized spacial score (nSPS) is 32.8. The Morgan fingerprint density at radius 2 is 1.89 bits per heavy atom. The summed E-state index contributed by atoms with van der Waals surface area (Å²) in [6.07, 6.45) is 11.1. The minimum absolute atomic E-state index is 0.730. The van der Waals surface area contributed by atoms with Gasteiger partial charge in [-0.1, -0.05) is 12.2 Å². The van der Waals surface area contributed by atoms with Crippen molar-refractivity contribution in [2.75, 3.05) is 17.8 Å². The summed E-state index contributed by atoms with van der Waals surface area (Å²) < 4.78 is 0. The molecular weight excluding hydrogens is 128 g/mol. The van der Waals surface area contributed by atoms with Crippen LogP contribution >= 0.6 is 0 Å². The highest BCUT2D eigenvalue weighted by molar-refractivity contribution is 7.96. The molecule has 0 N–H and O–H groups in total. The summed E-state index contributed by atoms with van der Waals surface area (Å²) in [7, 11) is 0.730. The predicted octanol–water partition coefficient (Wildman–Crippen LogP) is 1.97. The van der Waals surface area contributed by atoms with E-state index in [2.05, 4.69) is 18.4 Å². The van der Waals surface area contributed by atoms with Crippen LogP contribution < -0.4 is 0 Å². The average Bonchev–Trinajstić information content (AvgIpc) is 1.79. The fourth-order valence-electron chi connectivity index (χ4n) is 1.05. The van der Waals surface area contributed by atoms with Crippen LogP contribution in [-0.4, -0.2) is 17.8 Å². The van der Waals surface area contributed by atoms with Gasteiger partial charge in [0.25, 0.3) is 0 Å². The number of hydrogen-bond acceptors (Lipinski definition) is 0. The lowest BCUT2D eigenvalue weighted by molar-refractivity contribution is 0.948. The molecule has 0 bridgehead atoms. The molecule has 0 spiro atoms. The molecule has 0 aromatic heterocycles. The molecule has 0 nitrogen and oxygen atoms in total. The summed E-state index contributed by atoms with van der Waals surface area (Å²) in [6, 6.07) is 0. The molecule has 1 unspecified atom stereocenters. The highest BCUT2D eigenvalue weighted by atomic mass is 32.2. The van der Waals surface area contributed by atoms with E-state index in [1.165, 1.54) is 30.8 Å². The van der Waals surface area contributed by atoms with Crippen LogP contribution in [0.2, 0.25) is 0 Å². The van der Waals surface area contributed by atoms with Gasteiger partial charge in [-0.15, -0.1) is 0 Å².